The van der Waals surface area contributed by atoms with E-state index in [0.29, 0.717) is 23.7 Å². The van der Waals surface area contributed by atoms with Crippen molar-refractivity contribution in [2.24, 2.45) is 0 Å². The molecule has 1 amide bonds. The molecule has 0 bridgehead atoms. The maximum absolute atomic E-state index is 11.7. The smallest absolute Gasteiger partial charge is 0.223 e. The fourth-order valence-corrected chi connectivity index (χ4v) is 2.00. The van der Waals surface area contributed by atoms with Crippen LogP contribution in [0.25, 0.3) is 0 Å². The van der Waals surface area contributed by atoms with Gasteiger partial charge in [0.05, 0.1) is 0 Å². The standard InChI is InChI=1S/C12H17ClN2OS/c1-15(12(16)5-6-17-2)8-9-7-10(14)3-4-11(9)13/h3-4,7H,5-6,8,14H2,1-2H3. The lowest BCUT2D eigenvalue weighted by molar-refractivity contribution is -0.129. The number of nitrogens with two attached hydrogens (primary N) is 1. The molecule has 5 heteroatoms. The molecule has 0 aromatic heterocycles. The van der Waals surface area contributed by atoms with Gasteiger partial charge in [-0.15, -0.1) is 0 Å². The van der Waals surface area contributed by atoms with E-state index in [1.807, 2.05) is 6.26 Å². The molecule has 0 unspecified atom stereocenters. The highest BCUT2D eigenvalue weighted by molar-refractivity contribution is 7.98. The van der Waals surface area contributed by atoms with E-state index in [9.17, 15) is 4.79 Å². The van der Waals surface area contributed by atoms with Crippen LogP contribution in [-0.4, -0.2) is 29.9 Å². The summed E-state index contributed by atoms with van der Waals surface area (Å²) in [6.07, 6.45) is 2.54. The summed E-state index contributed by atoms with van der Waals surface area (Å²) in [4.78, 5) is 13.4. The Morgan fingerprint density at radius 3 is 2.88 bits per heavy atom. The predicted molar refractivity (Wildman–Crippen MR) is 75.3 cm³/mol. The fourth-order valence-electron chi connectivity index (χ4n) is 1.44. The summed E-state index contributed by atoms with van der Waals surface area (Å²) < 4.78 is 0. The molecule has 0 aliphatic rings. The van der Waals surface area contributed by atoms with E-state index in [4.69, 9.17) is 17.3 Å². The fraction of sp³-hybridized carbons (Fsp3) is 0.417. The van der Waals surface area contributed by atoms with E-state index in [2.05, 4.69) is 0 Å². The van der Waals surface area contributed by atoms with Crippen LogP contribution in [0.3, 0.4) is 0 Å². The van der Waals surface area contributed by atoms with Crippen molar-refractivity contribution in [2.45, 2.75) is 13.0 Å². The molecule has 0 aliphatic heterocycles. The largest absolute Gasteiger partial charge is 0.399 e. The lowest BCUT2D eigenvalue weighted by Gasteiger charge is -2.18. The number of anilines is 1. The number of thioether (sulfide) groups is 1. The van der Waals surface area contributed by atoms with Crippen LogP contribution in [-0.2, 0) is 11.3 Å². The van der Waals surface area contributed by atoms with Crippen molar-refractivity contribution in [1.82, 2.24) is 4.90 Å². The summed E-state index contributed by atoms with van der Waals surface area (Å²) in [5.74, 6) is 0.964. The number of hydrogen-bond acceptors (Lipinski definition) is 3. The molecular formula is C12H17ClN2OS. The molecule has 0 aliphatic carbocycles. The van der Waals surface area contributed by atoms with Gasteiger partial charge in [0.1, 0.15) is 0 Å². The molecular weight excluding hydrogens is 256 g/mol. The minimum absolute atomic E-state index is 0.123. The van der Waals surface area contributed by atoms with Crippen molar-refractivity contribution in [2.75, 3.05) is 24.8 Å². The molecule has 0 atom stereocenters. The third-order valence-electron chi connectivity index (χ3n) is 2.42. The van der Waals surface area contributed by atoms with Gasteiger partial charge in [-0.05, 0) is 30.0 Å². The normalized spacial score (nSPS) is 10.3. The van der Waals surface area contributed by atoms with Crippen molar-refractivity contribution in [3.63, 3.8) is 0 Å². The lowest BCUT2D eigenvalue weighted by Crippen LogP contribution is -2.26. The summed E-state index contributed by atoms with van der Waals surface area (Å²) in [6.45, 7) is 0.497. The number of benzene rings is 1. The van der Waals surface area contributed by atoms with Gasteiger partial charge in [-0.25, -0.2) is 0 Å². The van der Waals surface area contributed by atoms with E-state index >= 15 is 0 Å². The van der Waals surface area contributed by atoms with Crippen LogP contribution in [0.2, 0.25) is 5.02 Å². The molecule has 1 rings (SSSR count). The summed E-state index contributed by atoms with van der Waals surface area (Å²) in [7, 11) is 1.78. The van der Waals surface area contributed by atoms with Gasteiger partial charge in [0.25, 0.3) is 0 Å². The minimum atomic E-state index is 0.123. The third-order valence-corrected chi connectivity index (χ3v) is 3.40. The van der Waals surface area contributed by atoms with Gasteiger partial charge >= 0.3 is 0 Å². The first-order chi connectivity index (χ1) is 8.04. The van der Waals surface area contributed by atoms with Gasteiger partial charge in [-0.3, -0.25) is 4.79 Å². The molecule has 1 aromatic carbocycles. The number of carbonyl (C=O) groups is 1. The van der Waals surface area contributed by atoms with Crippen molar-refractivity contribution in [1.29, 1.82) is 0 Å². The Hall–Kier alpha value is -0.870. The number of nitrogens with zero attached hydrogens (tertiary/aromatic N) is 1. The molecule has 0 heterocycles. The van der Waals surface area contributed by atoms with Crippen LogP contribution in [0.15, 0.2) is 18.2 Å². The number of halogens is 1. The lowest BCUT2D eigenvalue weighted by atomic mass is 10.2. The maximum atomic E-state index is 11.7. The second kappa shape index (κ2) is 6.77. The Balaban J connectivity index is 2.64. The average molecular weight is 273 g/mol. The molecule has 0 saturated heterocycles. The first-order valence-corrected chi connectivity index (χ1v) is 7.08. The van der Waals surface area contributed by atoms with Crippen molar-refractivity contribution in [3.8, 4) is 0 Å². The molecule has 0 saturated carbocycles. The molecule has 3 nitrogen and oxygen atoms in total. The summed E-state index contributed by atoms with van der Waals surface area (Å²) in [5.41, 5.74) is 7.24. The van der Waals surface area contributed by atoms with Crippen LogP contribution < -0.4 is 5.73 Å². The maximum Gasteiger partial charge on any atom is 0.223 e. The summed E-state index contributed by atoms with van der Waals surface area (Å²) in [6, 6.07) is 5.31. The van der Waals surface area contributed by atoms with E-state index in [1.54, 1.807) is 41.9 Å². The van der Waals surface area contributed by atoms with Crippen LogP contribution >= 0.6 is 23.4 Å². The van der Waals surface area contributed by atoms with Gasteiger partial charge < -0.3 is 10.6 Å². The highest BCUT2D eigenvalue weighted by Crippen LogP contribution is 2.20. The van der Waals surface area contributed by atoms with Crippen LogP contribution in [0.5, 0.6) is 0 Å². The van der Waals surface area contributed by atoms with E-state index in [1.165, 1.54) is 0 Å². The Labute approximate surface area is 111 Å². The molecule has 2 N–H and O–H groups in total. The van der Waals surface area contributed by atoms with Gasteiger partial charge in [-0.2, -0.15) is 11.8 Å². The number of amides is 1. The summed E-state index contributed by atoms with van der Waals surface area (Å²) in [5, 5.41) is 0.642. The zero-order chi connectivity index (χ0) is 12.8. The molecule has 94 valence electrons. The number of rotatable bonds is 5. The minimum Gasteiger partial charge on any atom is -0.399 e. The van der Waals surface area contributed by atoms with E-state index in [0.717, 1.165) is 11.3 Å². The number of carbonyl (C=O) groups excluding carboxylic acids is 1. The van der Waals surface area contributed by atoms with Crippen molar-refractivity contribution in [3.05, 3.63) is 28.8 Å². The molecule has 1 aromatic rings. The quantitative estimate of drug-likeness (QED) is 0.838. The predicted octanol–water partition coefficient (Wildman–Crippen LogP) is 2.63. The molecule has 0 radical (unpaired) electrons. The second-order valence-electron chi connectivity index (χ2n) is 3.84. The molecule has 0 fully saturated rings. The first kappa shape index (κ1) is 14.2. The number of hydrogen-bond donors (Lipinski definition) is 1. The highest BCUT2D eigenvalue weighted by Gasteiger charge is 2.10. The van der Waals surface area contributed by atoms with Crippen LogP contribution in [0, 0.1) is 0 Å². The Morgan fingerprint density at radius 2 is 2.24 bits per heavy atom. The zero-order valence-electron chi connectivity index (χ0n) is 10.1. The average Bonchev–Trinajstić information content (AvgIpc) is 2.30. The Kier molecular flexibility index (Phi) is 5.65. The van der Waals surface area contributed by atoms with Crippen LogP contribution in [0.1, 0.15) is 12.0 Å². The molecule has 0 spiro atoms. The van der Waals surface area contributed by atoms with Crippen molar-refractivity contribution < 1.29 is 4.79 Å². The highest BCUT2D eigenvalue weighted by atomic mass is 35.5. The van der Waals surface area contributed by atoms with Crippen molar-refractivity contribution >= 4 is 35.0 Å². The van der Waals surface area contributed by atoms with Gasteiger partial charge in [0, 0.05) is 36.5 Å². The van der Waals surface area contributed by atoms with E-state index < -0.39 is 0 Å². The van der Waals surface area contributed by atoms with E-state index in [-0.39, 0.29) is 5.91 Å². The Morgan fingerprint density at radius 1 is 1.53 bits per heavy atom. The molecule has 17 heavy (non-hydrogen) atoms. The SMILES string of the molecule is CSCCC(=O)N(C)Cc1cc(N)ccc1Cl. The van der Waals surface area contributed by atoms with Gasteiger partial charge in [-0.1, -0.05) is 11.6 Å². The zero-order valence-corrected chi connectivity index (χ0v) is 11.6. The first-order valence-electron chi connectivity index (χ1n) is 5.31. The second-order valence-corrected chi connectivity index (χ2v) is 5.24. The van der Waals surface area contributed by atoms with Crippen LogP contribution in [0.4, 0.5) is 5.69 Å². The topological polar surface area (TPSA) is 46.3 Å². The Bertz CT molecular complexity index is 398. The van der Waals surface area contributed by atoms with Gasteiger partial charge in [0.15, 0.2) is 0 Å². The third kappa shape index (κ3) is 4.48. The summed E-state index contributed by atoms with van der Waals surface area (Å²) >= 11 is 7.72. The number of nitrogen functional groups attached to an aromatic ring is 1. The van der Waals surface area contributed by atoms with Gasteiger partial charge in [0.2, 0.25) is 5.91 Å². The monoisotopic (exact) mass is 272 g/mol.